The second kappa shape index (κ2) is 7.25. The number of anilines is 1. The normalized spacial score (nSPS) is 16.4. The summed E-state index contributed by atoms with van der Waals surface area (Å²) in [4.78, 5) is 13.6. The first-order chi connectivity index (χ1) is 12.7. The van der Waals surface area contributed by atoms with E-state index < -0.39 is 0 Å². The maximum Gasteiger partial charge on any atom is 0.176 e. The molecule has 3 heterocycles. The Balaban J connectivity index is 1.40. The number of benzene rings is 1. The summed E-state index contributed by atoms with van der Waals surface area (Å²) in [6.07, 6.45) is 5.92. The number of rotatable bonds is 4. The van der Waals surface area contributed by atoms with Gasteiger partial charge in [-0.05, 0) is 19.4 Å². The predicted octanol–water partition coefficient (Wildman–Crippen LogP) is 2.66. The van der Waals surface area contributed by atoms with Gasteiger partial charge in [0.1, 0.15) is 5.82 Å². The largest absolute Gasteiger partial charge is 0.353 e. The average molecular weight is 348 g/mol. The lowest BCUT2D eigenvalue weighted by atomic mass is 10.1. The lowest BCUT2D eigenvalue weighted by Gasteiger charge is -2.35. The number of piperazine rings is 1. The van der Waals surface area contributed by atoms with Crippen LogP contribution in [0.4, 0.5) is 5.82 Å². The summed E-state index contributed by atoms with van der Waals surface area (Å²) in [6, 6.07) is 10.5. The fraction of sp³-hybridized carbons (Fsp3) is 0.350. The van der Waals surface area contributed by atoms with Gasteiger partial charge in [-0.2, -0.15) is 4.52 Å². The van der Waals surface area contributed by atoms with Crippen molar-refractivity contribution in [3.05, 3.63) is 59.7 Å². The van der Waals surface area contributed by atoms with Gasteiger partial charge in [-0.25, -0.2) is 4.98 Å². The van der Waals surface area contributed by atoms with Crippen LogP contribution < -0.4 is 4.90 Å². The molecular formula is C20H24N6. The van der Waals surface area contributed by atoms with Crippen molar-refractivity contribution >= 4 is 17.5 Å². The first-order valence-electron chi connectivity index (χ1n) is 9.06. The van der Waals surface area contributed by atoms with Gasteiger partial charge in [0.25, 0.3) is 0 Å². The Kier molecular flexibility index (Phi) is 4.67. The van der Waals surface area contributed by atoms with Crippen molar-refractivity contribution in [1.29, 1.82) is 0 Å². The zero-order valence-electron chi connectivity index (χ0n) is 15.3. The molecule has 6 heteroatoms. The third-order valence-corrected chi connectivity index (χ3v) is 4.72. The number of aryl methyl sites for hydroxylation is 1. The molecule has 1 saturated heterocycles. The maximum absolute atomic E-state index is 4.50. The molecule has 0 N–H and O–H groups in total. The van der Waals surface area contributed by atoms with Crippen molar-refractivity contribution in [1.82, 2.24) is 24.5 Å². The standard InChI is InChI=1S/C20H24N6/c1-16(12-18-6-4-3-5-7-18)15-24-8-10-25(11-9-24)20-14-21-13-19-22-17(2)23-26(19)20/h3-7,12-14H,8-11,15H2,1-2H3/b16-12+. The summed E-state index contributed by atoms with van der Waals surface area (Å²) in [5, 5.41) is 4.50. The van der Waals surface area contributed by atoms with Crippen LogP contribution in [-0.4, -0.2) is 57.2 Å². The molecule has 0 saturated carbocycles. The summed E-state index contributed by atoms with van der Waals surface area (Å²) >= 11 is 0. The Bertz CT molecular complexity index is 906. The second-order valence-electron chi connectivity index (χ2n) is 6.86. The fourth-order valence-corrected chi connectivity index (χ4v) is 3.49. The van der Waals surface area contributed by atoms with Crippen molar-refractivity contribution in [3.8, 4) is 0 Å². The van der Waals surface area contributed by atoms with Crippen LogP contribution in [0.5, 0.6) is 0 Å². The van der Waals surface area contributed by atoms with Crippen LogP contribution in [0.2, 0.25) is 0 Å². The molecule has 1 aliphatic rings. The van der Waals surface area contributed by atoms with E-state index in [-0.39, 0.29) is 0 Å². The van der Waals surface area contributed by atoms with Gasteiger partial charge < -0.3 is 4.90 Å². The lowest BCUT2D eigenvalue weighted by molar-refractivity contribution is 0.277. The number of nitrogens with zero attached hydrogens (tertiary/aromatic N) is 6. The van der Waals surface area contributed by atoms with E-state index in [1.807, 2.05) is 17.6 Å². The minimum Gasteiger partial charge on any atom is -0.353 e. The zero-order valence-corrected chi connectivity index (χ0v) is 15.3. The minimum absolute atomic E-state index is 0.777. The van der Waals surface area contributed by atoms with E-state index in [1.54, 1.807) is 6.20 Å². The van der Waals surface area contributed by atoms with Crippen molar-refractivity contribution in [2.45, 2.75) is 13.8 Å². The topological polar surface area (TPSA) is 49.6 Å². The average Bonchev–Trinajstić information content (AvgIpc) is 3.03. The van der Waals surface area contributed by atoms with Crippen LogP contribution in [0.15, 0.2) is 48.3 Å². The van der Waals surface area contributed by atoms with Crippen molar-refractivity contribution in [2.24, 2.45) is 0 Å². The van der Waals surface area contributed by atoms with Gasteiger partial charge in [-0.1, -0.05) is 42.0 Å². The molecule has 1 aromatic carbocycles. The van der Waals surface area contributed by atoms with Crippen LogP contribution in [0.3, 0.4) is 0 Å². The molecule has 6 nitrogen and oxygen atoms in total. The molecule has 0 unspecified atom stereocenters. The minimum atomic E-state index is 0.777. The molecule has 3 aromatic rings. The highest BCUT2D eigenvalue weighted by atomic mass is 15.4. The van der Waals surface area contributed by atoms with Gasteiger partial charge in [0.2, 0.25) is 0 Å². The van der Waals surface area contributed by atoms with Gasteiger partial charge in [0, 0.05) is 32.7 Å². The summed E-state index contributed by atoms with van der Waals surface area (Å²) in [6.45, 7) is 9.14. The highest BCUT2D eigenvalue weighted by molar-refractivity contribution is 5.52. The Morgan fingerprint density at radius 3 is 2.62 bits per heavy atom. The van der Waals surface area contributed by atoms with E-state index in [9.17, 15) is 0 Å². The molecule has 0 aliphatic carbocycles. The van der Waals surface area contributed by atoms with Crippen molar-refractivity contribution in [2.75, 3.05) is 37.6 Å². The molecule has 1 fully saturated rings. The Morgan fingerprint density at radius 1 is 1.08 bits per heavy atom. The van der Waals surface area contributed by atoms with E-state index >= 15 is 0 Å². The third-order valence-electron chi connectivity index (χ3n) is 4.72. The first-order valence-corrected chi connectivity index (χ1v) is 9.06. The summed E-state index contributed by atoms with van der Waals surface area (Å²) in [7, 11) is 0. The lowest BCUT2D eigenvalue weighted by Crippen LogP contribution is -2.47. The molecule has 1 aliphatic heterocycles. The van der Waals surface area contributed by atoms with E-state index in [1.165, 1.54) is 11.1 Å². The second-order valence-corrected chi connectivity index (χ2v) is 6.86. The molecular weight excluding hydrogens is 324 g/mol. The van der Waals surface area contributed by atoms with E-state index in [4.69, 9.17) is 0 Å². The Morgan fingerprint density at radius 2 is 1.85 bits per heavy atom. The number of fused-ring (bicyclic) bond motifs is 1. The molecule has 4 rings (SSSR count). The fourth-order valence-electron chi connectivity index (χ4n) is 3.49. The zero-order chi connectivity index (χ0) is 17.9. The summed E-state index contributed by atoms with van der Waals surface area (Å²) in [5.74, 6) is 1.80. The summed E-state index contributed by atoms with van der Waals surface area (Å²) < 4.78 is 1.90. The molecule has 0 bridgehead atoms. The Labute approximate surface area is 153 Å². The highest BCUT2D eigenvalue weighted by Gasteiger charge is 2.20. The predicted molar refractivity (Wildman–Crippen MR) is 104 cm³/mol. The molecule has 0 amide bonds. The van der Waals surface area contributed by atoms with Gasteiger partial charge in [0.05, 0.1) is 12.4 Å². The van der Waals surface area contributed by atoms with Gasteiger partial charge in [-0.15, -0.1) is 5.10 Å². The van der Waals surface area contributed by atoms with Gasteiger partial charge in [0.15, 0.2) is 11.5 Å². The highest BCUT2D eigenvalue weighted by Crippen LogP contribution is 2.17. The number of hydrogen-bond acceptors (Lipinski definition) is 5. The molecule has 0 radical (unpaired) electrons. The number of hydrogen-bond donors (Lipinski definition) is 0. The monoisotopic (exact) mass is 348 g/mol. The molecule has 26 heavy (non-hydrogen) atoms. The first kappa shape index (κ1) is 16.7. The van der Waals surface area contributed by atoms with Crippen molar-refractivity contribution < 1.29 is 0 Å². The van der Waals surface area contributed by atoms with E-state index in [2.05, 4.69) is 68.2 Å². The van der Waals surface area contributed by atoms with Crippen LogP contribution in [0.25, 0.3) is 11.7 Å². The Hall–Kier alpha value is -2.73. The van der Waals surface area contributed by atoms with E-state index in [0.717, 1.165) is 50.0 Å². The van der Waals surface area contributed by atoms with Crippen LogP contribution in [0, 0.1) is 6.92 Å². The quantitative estimate of drug-likeness (QED) is 0.725. The smallest absolute Gasteiger partial charge is 0.176 e. The molecule has 0 spiro atoms. The van der Waals surface area contributed by atoms with Crippen LogP contribution >= 0.6 is 0 Å². The number of aromatic nitrogens is 4. The molecule has 2 aromatic heterocycles. The molecule has 134 valence electrons. The maximum atomic E-state index is 4.50. The van der Waals surface area contributed by atoms with Gasteiger partial charge >= 0.3 is 0 Å². The van der Waals surface area contributed by atoms with Crippen LogP contribution in [-0.2, 0) is 0 Å². The van der Waals surface area contributed by atoms with E-state index in [0.29, 0.717) is 0 Å². The van der Waals surface area contributed by atoms with Gasteiger partial charge in [-0.3, -0.25) is 9.88 Å². The van der Waals surface area contributed by atoms with Crippen LogP contribution in [0.1, 0.15) is 18.3 Å². The third kappa shape index (κ3) is 3.60. The summed E-state index contributed by atoms with van der Waals surface area (Å²) in [5.41, 5.74) is 3.47. The SMILES string of the molecule is C/C(=C\c1ccccc1)CN1CCN(c2cncc3nc(C)nn23)CC1. The molecule has 0 atom stereocenters. The van der Waals surface area contributed by atoms with Crippen molar-refractivity contribution in [3.63, 3.8) is 0 Å².